The number of fused-ring (bicyclic) bond motifs is 1. The largest absolute Gasteiger partial charge is 0.350 e. The Bertz CT molecular complexity index is 624. The molecule has 0 saturated heterocycles. The van der Waals surface area contributed by atoms with E-state index in [9.17, 15) is 4.79 Å². The van der Waals surface area contributed by atoms with E-state index in [-0.39, 0.29) is 5.91 Å². The summed E-state index contributed by atoms with van der Waals surface area (Å²) in [4.78, 5) is 15.5. The number of carbonyl (C=O) groups excluding carboxylic acids is 1. The number of hydrogen-bond acceptors (Lipinski definition) is 3. The Hall–Kier alpha value is -1.65. The summed E-state index contributed by atoms with van der Waals surface area (Å²) in [6.45, 7) is 1.08. The summed E-state index contributed by atoms with van der Waals surface area (Å²) < 4.78 is 0. The van der Waals surface area contributed by atoms with E-state index in [1.54, 1.807) is 11.3 Å². The van der Waals surface area contributed by atoms with Crippen LogP contribution in [0.4, 0.5) is 0 Å². The number of hydrogen-bond donors (Lipinski definition) is 1. The molecular weight excluding hydrogens is 292 g/mol. The van der Waals surface area contributed by atoms with Gasteiger partial charge in [-0.2, -0.15) is 0 Å². The molecule has 22 heavy (non-hydrogen) atoms. The SMILES string of the molecule is CN(CC(=O)NCc1cccs1)C1CCCc2ccccc21. The van der Waals surface area contributed by atoms with Crippen molar-refractivity contribution >= 4 is 17.2 Å². The van der Waals surface area contributed by atoms with E-state index in [2.05, 4.69) is 41.5 Å². The first-order valence-corrected chi connectivity index (χ1v) is 8.69. The van der Waals surface area contributed by atoms with Crippen LogP contribution >= 0.6 is 11.3 Å². The van der Waals surface area contributed by atoms with Gasteiger partial charge in [0.05, 0.1) is 13.1 Å². The number of thiophene rings is 1. The molecule has 1 atom stereocenters. The summed E-state index contributed by atoms with van der Waals surface area (Å²) in [7, 11) is 2.05. The number of carbonyl (C=O) groups is 1. The van der Waals surface area contributed by atoms with Crippen LogP contribution in [-0.2, 0) is 17.8 Å². The normalized spacial score (nSPS) is 17.3. The van der Waals surface area contributed by atoms with Crippen molar-refractivity contribution in [2.75, 3.05) is 13.6 Å². The zero-order valence-corrected chi connectivity index (χ0v) is 13.7. The summed E-state index contributed by atoms with van der Waals surface area (Å²) in [5, 5.41) is 5.04. The molecule has 0 fully saturated rings. The van der Waals surface area contributed by atoms with Crippen molar-refractivity contribution in [2.24, 2.45) is 0 Å². The van der Waals surface area contributed by atoms with Gasteiger partial charge in [0, 0.05) is 10.9 Å². The summed E-state index contributed by atoms with van der Waals surface area (Å²) in [5.74, 6) is 0.0963. The average molecular weight is 314 g/mol. The molecule has 0 saturated carbocycles. The van der Waals surface area contributed by atoms with Gasteiger partial charge in [0.2, 0.25) is 5.91 Å². The van der Waals surface area contributed by atoms with Crippen LogP contribution in [0.15, 0.2) is 41.8 Å². The van der Waals surface area contributed by atoms with Gasteiger partial charge in [-0.1, -0.05) is 30.3 Å². The molecule has 0 bridgehead atoms. The van der Waals surface area contributed by atoms with E-state index in [0.29, 0.717) is 19.1 Å². The lowest BCUT2D eigenvalue weighted by Crippen LogP contribution is -2.37. The fourth-order valence-corrected chi connectivity index (χ4v) is 3.82. The van der Waals surface area contributed by atoms with Gasteiger partial charge in [-0.3, -0.25) is 9.69 Å². The Morgan fingerprint density at radius 2 is 2.18 bits per heavy atom. The zero-order chi connectivity index (χ0) is 15.4. The smallest absolute Gasteiger partial charge is 0.234 e. The fraction of sp³-hybridized carbons (Fsp3) is 0.389. The van der Waals surface area contributed by atoms with E-state index in [1.807, 2.05) is 17.5 Å². The molecule has 3 nitrogen and oxygen atoms in total. The molecule has 3 rings (SSSR count). The van der Waals surface area contributed by atoms with Crippen LogP contribution in [0.1, 0.15) is 34.9 Å². The maximum Gasteiger partial charge on any atom is 0.234 e. The first kappa shape index (κ1) is 15.3. The number of likely N-dealkylation sites (N-methyl/N-ethyl adjacent to an activating group) is 1. The maximum atomic E-state index is 12.2. The standard InChI is InChI=1S/C18H22N2OS/c1-20(13-18(21)19-12-15-8-5-11-22-15)17-10-4-7-14-6-2-3-9-16(14)17/h2-3,5-6,8-9,11,17H,4,7,10,12-13H2,1H3,(H,19,21). The minimum atomic E-state index is 0.0963. The molecule has 1 aliphatic carbocycles. The van der Waals surface area contributed by atoms with E-state index in [0.717, 1.165) is 12.8 Å². The van der Waals surface area contributed by atoms with Gasteiger partial charge in [0.25, 0.3) is 0 Å². The summed E-state index contributed by atoms with van der Waals surface area (Å²) in [6, 6.07) is 13.0. The second-order valence-corrected chi connectivity index (χ2v) is 6.91. The highest BCUT2D eigenvalue weighted by atomic mass is 32.1. The maximum absolute atomic E-state index is 12.2. The minimum Gasteiger partial charge on any atom is -0.350 e. The van der Waals surface area contributed by atoms with Crippen molar-refractivity contribution in [3.05, 3.63) is 57.8 Å². The predicted octanol–water partition coefficient (Wildman–Crippen LogP) is 3.37. The molecule has 1 aliphatic rings. The van der Waals surface area contributed by atoms with E-state index >= 15 is 0 Å². The molecule has 2 aromatic rings. The van der Waals surface area contributed by atoms with Gasteiger partial charge in [-0.25, -0.2) is 0 Å². The van der Waals surface area contributed by atoms with E-state index < -0.39 is 0 Å². The Morgan fingerprint density at radius 1 is 1.32 bits per heavy atom. The van der Waals surface area contributed by atoms with E-state index in [1.165, 1.54) is 22.4 Å². The third-order valence-corrected chi connectivity index (χ3v) is 5.18. The van der Waals surface area contributed by atoms with Crippen LogP contribution < -0.4 is 5.32 Å². The first-order valence-electron chi connectivity index (χ1n) is 7.81. The Labute approximate surface area is 136 Å². The highest BCUT2D eigenvalue weighted by molar-refractivity contribution is 7.09. The number of benzene rings is 1. The minimum absolute atomic E-state index is 0.0963. The molecule has 0 radical (unpaired) electrons. The molecular formula is C18H22N2OS. The predicted molar refractivity (Wildman–Crippen MR) is 90.9 cm³/mol. The van der Waals surface area contributed by atoms with Crippen LogP contribution in [0.25, 0.3) is 0 Å². The number of nitrogens with one attached hydrogen (secondary N) is 1. The highest BCUT2D eigenvalue weighted by Crippen LogP contribution is 2.33. The van der Waals surface area contributed by atoms with Gasteiger partial charge >= 0.3 is 0 Å². The molecule has 116 valence electrons. The van der Waals surface area contributed by atoms with Gasteiger partial charge < -0.3 is 5.32 Å². The third-order valence-electron chi connectivity index (χ3n) is 4.30. The summed E-state index contributed by atoms with van der Waals surface area (Å²) in [5.41, 5.74) is 2.83. The molecule has 1 aromatic heterocycles. The second kappa shape index (κ2) is 7.07. The van der Waals surface area contributed by atoms with Crippen LogP contribution in [0.5, 0.6) is 0 Å². The van der Waals surface area contributed by atoms with Gasteiger partial charge in [0.1, 0.15) is 0 Å². The van der Waals surface area contributed by atoms with Crippen molar-refractivity contribution in [3.8, 4) is 0 Å². The summed E-state index contributed by atoms with van der Waals surface area (Å²) >= 11 is 1.67. The van der Waals surface area contributed by atoms with Gasteiger partial charge in [-0.15, -0.1) is 11.3 Å². The number of rotatable bonds is 5. The second-order valence-electron chi connectivity index (χ2n) is 5.88. The first-order chi connectivity index (χ1) is 10.7. The van der Waals surface area contributed by atoms with Crippen molar-refractivity contribution in [2.45, 2.75) is 31.8 Å². The zero-order valence-electron chi connectivity index (χ0n) is 12.9. The van der Waals surface area contributed by atoms with E-state index in [4.69, 9.17) is 0 Å². The lowest BCUT2D eigenvalue weighted by Gasteiger charge is -2.32. The van der Waals surface area contributed by atoms with Crippen molar-refractivity contribution < 1.29 is 4.79 Å². The van der Waals surface area contributed by atoms with Gasteiger partial charge in [0.15, 0.2) is 0 Å². The Balaban J connectivity index is 1.58. The molecule has 0 spiro atoms. The molecule has 4 heteroatoms. The molecule has 1 aromatic carbocycles. The van der Waals surface area contributed by atoms with Crippen molar-refractivity contribution in [1.82, 2.24) is 10.2 Å². The van der Waals surface area contributed by atoms with Crippen LogP contribution in [0.3, 0.4) is 0 Å². The lowest BCUT2D eigenvalue weighted by molar-refractivity contribution is -0.122. The quantitative estimate of drug-likeness (QED) is 0.917. The number of aryl methyl sites for hydroxylation is 1. The Morgan fingerprint density at radius 3 is 3.00 bits per heavy atom. The summed E-state index contributed by atoms with van der Waals surface area (Å²) in [6.07, 6.45) is 3.49. The van der Waals surface area contributed by atoms with Crippen LogP contribution in [0, 0.1) is 0 Å². The van der Waals surface area contributed by atoms with Crippen molar-refractivity contribution in [1.29, 1.82) is 0 Å². The van der Waals surface area contributed by atoms with Gasteiger partial charge in [-0.05, 0) is 48.9 Å². The monoisotopic (exact) mass is 314 g/mol. The topological polar surface area (TPSA) is 32.3 Å². The Kier molecular flexibility index (Phi) is 4.90. The fourth-order valence-electron chi connectivity index (χ4n) is 3.18. The van der Waals surface area contributed by atoms with Crippen LogP contribution in [-0.4, -0.2) is 24.4 Å². The average Bonchev–Trinajstić information content (AvgIpc) is 3.06. The molecule has 1 heterocycles. The molecule has 1 unspecified atom stereocenters. The third kappa shape index (κ3) is 3.57. The molecule has 0 aliphatic heterocycles. The molecule has 1 amide bonds. The highest BCUT2D eigenvalue weighted by Gasteiger charge is 2.24. The molecule has 1 N–H and O–H groups in total. The van der Waals surface area contributed by atoms with Crippen molar-refractivity contribution in [3.63, 3.8) is 0 Å². The lowest BCUT2D eigenvalue weighted by atomic mass is 9.87. The van der Waals surface area contributed by atoms with Crippen LogP contribution in [0.2, 0.25) is 0 Å². The number of nitrogens with zero attached hydrogens (tertiary/aromatic N) is 1. The number of amides is 1.